The molecule has 0 radical (unpaired) electrons. The van der Waals surface area contributed by atoms with E-state index in [-0.39, 0.29) is 11.9 Å². The number of para-hydroxylation sites is 1. The fourth-order valence-electron chi connectivity index (χ4n) is 2.37. The van der Waals surface area contributed by atoms with Gasteiger partial charge in [0, 0.05) is 20.1 Å². The van der Waals surface area contributed by atoms with Gasteiger partial charge in [-0.05, 0) is 26.0 Å². The monoisotopic (exact) mass is 334 g/mol. The first-order valence-corrected chi connectivity index (χ1v) is 8.34. The Morgan fingerprint density at radius 2 is 2.09 bits per heavy atom. The summed E-state index contributed by atoms with van der Waals surface area (Å²) in [5.74, 6) is 1.81. The molecule has 0 unspecified atom stereocenters. The molecule has 2 aromatic heterocycles. The van der Waals surface area contributed by atoms with Crippen LogP contribution in [0.1, 0.15) is 25.7 Å². The number of H-pyrrole nitrogens is 1. The first-order chi connectivity index (χ1) is 11.0. The highest BCUT2D eigenvalue weighted by molar-refractivity contribution is 7.98. The third-order valence-electron chi connectivity index (χ3n) is 3.41. The molecule has 0 saturated carbocycles. The molecule has 0 aliphatic heterocycles. The zero-order chi connectivity index (χ0) is 16.6. The summed E-state index contributed by atoms with van der Waals surface area (Å²) in [6, 6.07) is 5.16. The molecule has 0 aliphatic carbocycles. The second-order valence-electron chi connectivity index (χ2n) is 5.75. The lowest BCUT2D eigenvalue weighted by atomic mass is 10.3. The summed E-state index contributed by atoms with van der Waals surface area (Å²) in [4.78, 5) is 9.41. The highest BCUT2D eigenvalue weighted by Crippen LogP contribution is 2.28. The summed E-state index contributed by atoms with van der Waals surface area (Å²) in [5, 5.41) is 9.32. The molecular weight excluding hydrogens is 315 g/mol. The zero-order valence-electron chi connectivity index (χ0n) is 13.5. The van der Waals surface area contributed by atoms with Crippen LogP contribution in [0.15, 0.2) is 23.4 Å². The van der Waals surface area contributed by atoms with Gasteiger partial charge in [0.1, 0.15) is 11.3 Å². The largest absolute Gasteiger partial charge is 0.347 e. The van der Waals surface area contributed by atoms with E-state index in [1.54, 1.807) is 6.07 Å². The number of hydrogen-bond donors (Lipinski definition) is 1. The molecule has 1 aromatic carbocycles. The minimum absolute atomic E-state index is 0.248. The quantitative estimate of drug-likeness (QED) is 0.726. The van der Waals surface area contributed by atoms with E-state index in [9.17, 15) is 4.39 Å². The number of hydrogen-bond acceptors (Lipinski definition) is 5. The standard InChI is InChI=1S/C15H19FN6S/c1-9(2)22-14(21(3)4)19-20-15(22)23-8-12-17-11-7-5-6-10(16)13(11)18-12/h5-7,9H,8H2,1-4H3,(H,17,18). The molecule has 2 heterocycles. The molecular formula is C15H19FN6S. The van der Waals surface area contributed by atoms with E-state index < -0.39 is 0 Å². The van der Waals surface area contributed by atoms with E-state index in [2.05, 4.69) is 38.6 Å². The highest BCUT2D eigenvalue weighted by Gasteiger charge is 2.17. The first kappa shape index (κ1) is 15.8. The fourth-order valence-corrected chi connectivity index (χ4v) is 3.31. The van der Waals surface area contributed by atoms with Crippen molar-refractivity contribution in [3.63, 3.8) is 0 Å². The van der Waals surface area contributed by atoms with E-state index in [4.69, 9.17) is 0 Å². The Morgan fingerprint density at radius 1 is 1.30 bits per heavy atom. The number of halogens is 1. The minimum Gasteiger partial charge on any atom is -0.347 e. The summed E-state index contributed by atoms with van der Waals surface area (Å²) in [7, 11) is 3.89. The van der Waals surface area contributed by atoms with Gasteiger partial charge < -0.3 is 9.88 Å². The first-order valence-electron chi connectivity index (χ1n) is 7.35. The normalized spacial score (nSPS) is 11.6. The van der Waals surface area contributed by atoms with E-state index in [0.29, 0.717) is 16.8 Å². The van der Waals surface area contributed by atoms with Gasteiger partial charge >= 0.3 is 0 Å². The Labute approximate surface area is 138 Å². The van der Waals surface area contributed by atoms with Crippen LogP contribution in [-0.2, 0) is 5.75 Å². The van der Waals surface area contributed by atoms with Crippen LogP contribution in [0.25, 0.3) is 11.0 Å². The average molecular weight is 334 g/mol. The Hall–Kier alpha value is -2.09. The zero-order valence-corrected chi connectivity index (χ0v) is 14.4. The predicted octanol–water partition coefficient (Wildman–Crippen LogP) is 3.23. The molecule has 0 amide bonds. The molecule has 1 N–H and O–H groups in total. The van der Waals surface area contributed by atoms with Crippen molar-refractivity contribution in [3.05, 3.63) is 29.8 Å². The number of nitrogens with zero attached hydrogens (tertiary/aromatic N) is 5. The molecule has 3 rings (SSSR count). The van der Waals surface area contributed by atoms with Gasteiger partial charge in [0.05, 0.1) is 11.3 Å². The Bertz CT molecular complexity index is 823. The van der Waals surface area contributed by atoms with Gasteiger partial charge in [-0.3, -0.25) is 4.57 Å². The Kier molecular flexibility index (Phi) is 4.25. The lowest BCUT2D eigenvalue weighted by Crippen LogP contribution is -2.17. The molecule has 3 aromatic rings. The van der Waals surface area contributed by atoms with Crippen molar-refractivity contribution in [3.8, 4) is 0 Å². The molecule has 0 saturated heterocycles. The van der Waals surface area contributed by atoms with Crippen LogP contribution in [0.2, 0.25) is 0 Å². The van der Waals surface area contributed by atoms with Crippen LogP contribution in [0.4, 0.5) is 10.3 Å². The summed E-state index contributed by atoms with van der Waals surface area (Å²) < 4.78 is 15.8. The molecule has 0 aliphatic rings. The van der Waals surface area contributed by atoms with Crippen molar-refractivity contribution >= 4 is 28.7 Å². The van der Waals surface area contributed by atoms with E-state index in [1.165, 1.54) is 17.8 Å². The number of benzene rings is 1. The maximum absolute atomic E-state index is 13.7. The third kappa shape index (κ3) is 3.03. The summed E-state index contributed by atoms with van der Waals surface area (Å²) in [6.07, 6.45) is 0. The molecule has 0 spiro atoms. The van der Waals surface area contributed by atoms with Gasteiger partial charge in [-0.2, -0.15) is 0 Å². The third-order valence-corrected chi connectivity index (χ3v) is 4.37. The average Bonchev–Trinajstić information content (AvgIpc) is 3.09. The van der Waals surface area contributed by atoms with Gasteiger partial charge in [-0.15, -0.1) is 10.2 Å². The maximum atomic E-state index is 13.7. The maximum Gasteiger partial charge on any atom is 0.227 e. The van der Waals surface area contributed by atoms with Gasteiger partial charge in [0.15, 0.2) is 11.0 Å². The van der Waals surface area contributed by atoms with Crippen molar-refractivity contribution in [2.45, 2.75) is 30.8 Å². The lowest BCUT2D eigenvalue weighted by molar-refractivity contribution is 0.549. The molecule has 23 heavy (non-hydrogen) atoms. The minimum atomic E-state index is -0.310. The van der Waals surface area contributed by atoms with Gasteiger partial charge in [-0.25, -0.2) is 9.37 Å². The van der Waals surface area contributed by atoms with E-state index >= 15 is 0 Å². The van der Waals surface area contributed by atoms with Gasteiger partial charge in [0.25, 0.3) is 0 Å². The molecule has 6 nitrogen and oxygen atoms in total. The van der Waals surface area contributed by atoms with Crippen LogP contribution in [0, 0.1) is 5.82 Å². The number of imidazole rings is 1. The second kappa shape index (κ2) is 6.19. The lowest BCUT2D eigenvalue weighted by Gasteiger charge is -2.17. The summed E-state index contributed by atoms with van der Waals surface area (Å²) in [6.45, 7) is 4.19. The SMILES string of the molecule is CC(C)n1c(SCc2nc3c(F)cccc3[nH]2)nnc1N(C)C. The van der Waals surface area contributed by atoms with Crippen molar-refractivity contribution in [1.29, 1.82) is 0 Å². The number of nitrogens with one attached hydrogen (secondary N) is 1. The topological polar surface area (TPSA) is 62.6 Å². The van der Waals surface area contributed by atoms with E-state index in [0.717, 1.165) is 16.9 Å². The molecule has 122 valence electrons. The smallest absolute Gasteiger partial charge is 0.227 e. The Balaban J connectivity index is 1.83. The van der Waals surface area contributed by atoms with Crippen LogP contribution in [-0.4, -0.2) is 38.8 Å². The number of aromatic amines is 1. The van der Waals surface area contributed by atoms with Crippen LogP contribution < -0.4 is 4.90 Å². The van der Waals surface area contributed by atoms with Crippen molar-refractivity contribution in [2.75, 3.05) is 19.0 Å². The fraction of sp³-hybridized carbons (Fsp3) is 0.400. The highest BCUT2D eigenvalue weighted by atomic mass is 32.2. The molecule has 0 atom stereocenters. The second-order valence-corrected chi connectivity index (χ2v) is 6.69. The van der Waals surface area contributed by atoms with E-state index in [1.807, 2.05) is 25.1 Å². The molecule has 0 bridgehead atoms. The van der Waals surface area contributed by atoms with Gasteiger partial charge in [0.2, 0.25) is 5.95 Å². The molecule has 0 fully saturated rings. The predicted molar refractivity (Wildman–Crippen MR) is 90.3 cm³/mol. The number of rotatable bonds is 5. The number of aromatic nitrogens is 5. The number of anilines is 1. The number of fused-ring (bicyclic) bond motifs is 1. The van der Waals surface area contributed by atoms with Crippen molar-refractivity contribution < 1.29 is 4.39 Å². The van der Waals surface area contributed by atoms with Crippen LogP contribution in [0.5, 0.6) is 0 Å². The summed E-state index contributed by atoms with van der Waals surface area (Å²) in [5.41, 5.74) is 1.09. The van der Waals surface area contributed by atoms with Gasteiger partial charge in [-0.1, -0.05) is 17.8 Å². The van der Waals surface area contributed by atoms with Crippen molar-refractivity contribution in [1.82, 2.24) is 24.7 Å². The van der Waals surface area contributed by atoms with Crippen LogP contribution >= 0.6 is 11.8 Å². The van der Waals surface area contributed by atoms with Crippen LogP contribution in [0.3, 0.4) is 0 Å². The van der Waals surface area contributed by atoms with Crippen molar-refractivity contribution in [2.24, 2.45) is 0 Å². The molecule has 8 heteroatoms. The Morgan fingerprint density at radius 3 is 2.74 bits per heavy atom. The summed E-state index contributed by atoms with van der Waals surface area (Å²) >= 11 is 1.53. The number of thioether (sulfide) groups is 1.